The summed E-state index contributed by atoms with van der Waals surface area (Å²) in [5, 5.41) is -0.266. The molecule has 1 saturated heterocycles. The van der Waals surface area contributed by atoms with Crippen molar-refractivity contribution in [3.63, 3.8) is 0 Å². The van der Waals surface area contributed by atoms with Crippen LogP contribution in [-0.2, 0) is 14.6 Å². The lowest BCUT2D eigenvalue weighted by Crippen LogP contribution is -2.41. The quantitative estimate of drug-likeness (QED) is 0.672. The van der Waals surface area contributed by atoms with Gasteiger partial charge in [0.15, 0.2) is 9.84 Å². The second-order valence-corrected chi connectivity index (χ2v) is 9.71. The van der Waals surface area contributed by atoms with Crippen LogP contribution in [0.1, 0.15) is 55.3 Å². The summed E-state index contributed by atoms with van der Waals surface area (Å²) in [6.45, 7) is 2.62. The average Bonchev–Trinajstić information content (AvgIpc) is 3.24. The lowest BCUT2D eigenvalue weighted by molar-refractivity contribution is 0.00844. The molecule has 1 heterocycles. The Bertz CT molecular complexity index is 725. The number of sulfone groups is 1. The molecule has 3 rings (SSSR count). The highest BCUT2D eigenvalue weighted by atomic mass is 35.5. The van der Waals surface area contributed by atoms with Crippen molar-refractivity contribution in [1.82, 2.24) is 4.90 Å². The number of piperidine rings is 1. The first-order valence-electron chi connectivity index (χ1n) is 9.97. The minimum atomic E-state index is -3.27. The molecule has 1 aromatic carbocycles. The van der Waals surface area contributed by atoms with Gasteiger partial charge in [0.1, 0.15) is 0 Å². The van der Waals surface area contributed by atoms with E-state index in [2.05, 4.69) is 0 Å². The number of ether oxygens (including phenoxy) is 1. The Morgan fingerprint density at radius 2 is 1.68 bits per heavy atom. The van der Waals surface area contributed by atoms with Gasteiger partial charge in [-0.1, -0.05) is 12.8 Å². The number of likely N-dealkylation sites (tertiary alicyclic amines) is 1. The van der Waals surface area contributed by atoms with E-state index in [-0.39, 0.29) is 29.7 Å². The largest absolute Gasteiger partial charge is 0.378 e. The van der Waals surface area contributed by atoms with Crippen LogP contribution in [0.4, 0.5) is 0 Å². The maximum absolute atomic E-state index is 12.7. The molecular weight excluding hydrogens is 400 g/mol. The fraction of sp³-hybridized carbons (Fsp3) is 0.650. The normalized spacial score (nSPS) is 18.8. The Kier molecular flexibility index (Phi) is 8.74. The van der Waals surface area contributed by atoms with Crippen LogP contribution >= 0.6 is 12.4 Å². The van der Waals surface area contributed by atoms with Crippen molar-refractivity contribution >= 4 is 28.2 Å². The van der Waals surface area contributed by atoms with Crippen LogP contribution < -0.4 is 5.73 Å². The molecule has 1 aromatic rings. The zero-order chi connectivity index (χ0) is 19.3. The molecule has 158 valence electrons. The Morgan fingerprint density at radius 1 is 1.07 bits per heavy atom. The number of hydrogen-bond acceptors (Lipinski definition) is 5. The standard InChI is InChI=1S/C20H30N2O4S.ClH/c21-12-3-15-26-17-10-13-22(14-11-17)20(23)16-6-8-19(9-7-16)27(24,25)18-4-1-2-5-18;/h6-9,17-18H,1-5,10-15,21H2;1H. The summed E-state index contributed by atoms with van der Waals surface area (Å²) < 4.78 is 31.1. The summed E-state index contributed by atoms with van der Waals surface area (Å²) >= 11 is 0. The SMILES string of the molecule is Cl.NCCCOC1CCN(C(=O)c2ccc(S(=O)(=O)C3CCCC3)cc2)CC1. The lowest BCUT2D eigenvalue weighted by atomic mass is 10.1. The Hall–Kier alpha value is -1.15. The van der Waals surface area contributed by atoms with Gasteiger partial charge in [0.05, 0.1) is 16.2 Å². The van der Waals surface area contributed by atoms with Gasteiger partial charge in [0.25, 0.3) is 5.91 Å². The third kappa shape index (κ3) is 5.47. The minimum Gasteiger partial charge on any atom is -0.378 e. The molecular formula is C20H31ClN2O4S. The lowest BCUT2D eigenvalue weighted by Gasteiger charge is -2.32. The Morgan fingerprint density at radius 3 is 2.25 bits per heavy atom. The molecule has 1 amide bonds. The highest BCUT2D eigenvalue weighted by Gasteiger charge is 2.30. The summed E-state index contributed by atoms with van der Waals surface area (Å²) in [5.41, 5.74) is 6.02. The van der Waals surface area contributed by atoms with E-state index in [4.69, 9.17) is 10.5 Å². The van der Waals surface area contributed by atoms with Crippen molar-refractivity contribution in [2.24, 2.45) is 5.73 Å². The van der Waals surface area contributed by atoms with Gasteiger partial charge in [-0.3, -0.25) is 4.79 Å². The number of carbonyl (C=O) groups is 1. The van der Waals surface area contributed by atoms with Crippen molar-refractivity contribution < 1.29 is 17.9 Å². The summed E-state index contributed by atoms with van der Waals surface area (Å²) in [5.74, 6) is -0.0415. The van der Waals surface area contributed by atoms with Crippen LogP contribution in [0.3, 0.4) is 0 Å². The van der Waals surface area contributed by atoms with Gasteiger partial charge in [0, 0.05) is 25.3 Å². The van der Waals surface area contributed by atoms with Crippen molar-refractivity contribution in [2.75, 3.05) is 26.2 Å². The summed E-state index contributed by atoms with van der Waals surface area (Å²) in [6, 6.07) is 6.47. The summed E-state index contributed by atoms with van der Waals surface area (Å²) in [7, 11) is -3.27. The molecule has 0 aromatic heterocycles. The van der Waals surface area contributed by atoms with Gasteiger partial charge in [-0.05, 0) is 62.9 Å². The van der Waals surface area contributed by atoms with E-state index in [1.807, 2.05) is 4.90 Å². The predicted octanol–water partition coefficient (Wildman–Crippen LogP) is 2.79. The predicted molar refractivity (Wildman–Crippen MR) is 112 cm³/mol. The van der Waals surface area contributed by atoms with Crippen molar-refractivity contribution in [3.8, 4) is 0 Å². The minimum absolute atomic E-state index is 0. The summed E-state index contributed by atoms with van der Waals surface area (Å²) in [6.07, 6.45) is 6.14. The van der Waals surface area contributed by atoms with Gasteiger partial charge in [-0.25, -0.2) is 8.42 Å². The molecule has 0 bridgehead atoms. The highest BCUT2D eigenvalue weighted by Crippen LogP contribution is 2.29. The first kappa shape index (κ1) is 23.1. The van der Waals surface area contributed by atoms with Crippen LogP contribution in [0.25, 0.3) is 0 Å². The second kappa shape index (κ2) is 10.6. The smallest absolute Gasteiger partial charge is 0.253 e. The van der Waals surface area contributed by atoms with Gasteiger partial charge in [0.2, 0.25) is 0 Å². The van der Waals surface area contributed by atoms with Crippen LogP contribution in [0, 0.1) is 0 Å². The fourth-order valence-corrected chi connectivity index (χ4v) is 5.77. The molecule has 0 unspecified atom stereocenters. The van der Waals surface area contributed by atoms with E-state index in [9.17, 15) is 13.2 Å². The molecule has 2 fully saturated rings. The van der Waals surface area contributed by atoms with E-state index in [1.54, 1.807) is 24.3 Å². The van der Waals surface area contributed by atoms with E-state index >= 15 is 0 Å². The van der Waals surface area contributed by atoms with Crippen molar-refractivity contribution in [3.05, 3.63) is 29.8 Å². The van der Waals surface area contributed by atoms with Crippen molar-refractivity contribution in [1.29, 1.82) is 0 Å². The number of hydrogen-bond donors (Lipinski definition) is 1. The van der Waals surface area contributed by atoms with E-state index < -0.39 is 9.84 Å². The van der Waals surface area contributed by atoms with E-state index in [0.717, 1.165) is 44.9 Å². The summed E-state index contributed by atoms with van der Waals surface area (Å²) in [4.78, 5) is 14.9. The third-order valence-electron chi connectivity index (χ3n) is 5.60. The van der Waals surface area contributed by atoms with Crippen LogP contribution in [0.5, 0.6) is 0 Å². The monoisotopic (exact) mass is 430 g/mol. The van der Waals surface area contributed by atoms with Gasteiger partial charge >= 0.3 is 0 Å². The Labute approximate surface area is 174 Å². The van der Waals surface area contributed by atoms with Gasteiger partial charge in [-0.2, -0.15) is 0 Å². The van der Waals surface area contributed by atoms with Crippen molar-refractivity contribution in [2.45, 2.75) is 61.2 Å². The zero-order valence-electron chi connectivity index (χ0n) is 16.2. The van der Waals surface area contributed by atoms with Gasteiger partial charge < -0.3 is 15.4 Å². The molecule has 1 saturated carbocycles. The number of nitrogens with two attached hydrogens (primary N) is 1. The second-order valence-electron chi connectivity index (χ2n) is 7.48. The maximum Gasteiger partial charge on any atom is 0.253 e. The fourth-order valence-electron chi connectivity index (χ4n) is 3.92. The van der Waals surface area contributed by atoms with E-state index in [1.165, 1.54) is 0 Å². The maximum atomic E-state index is 12.7. The average molecular weight is 431 g/mol. The Balaban J connectivity index is 0.00000280. The first-order chi connectivity index (χ1) is 13.0. The molecule has 28 heavy (non-hydrogen) atoms. The molecule has 1 aliphatic heterocycles. The van der Waals surface area contributed by atoms with Gasteiger partial charge in [-0.15, -0.1) is 12.4 Å². The molecule has 1 aliphatic carbocycles. The third-order valence-corrected chi connectivity index (χ3v) is 7.88. The number of carbonyl (C=O) groups excluding carboxylic acids is 1. The molecule has 0 spiro atoms. The molecule has 0 atom stereocenters. The molecule has 0 radical (unpaired) electrons. The van der Waals surface area contributed by atoms with Crippen LogP contribution in [-0.4, -0.2) is 56.8 Å². The zero-order valence-corrected chi connectivity index (χ0v) is 17.8. The van der Waals surface area contributed by atoms with Crippen LogP contribution in [0.2, 0.25) is 0 Å². The highest BCUT2D eigenvalue weighted by molar-refractivity contribution is 7.92. The number of halogens is 1. The first-order valence-corrected chi connectivity index (χ1v) is 11.5. The molecule has 2 N–H and O–H groups in total. The van der Waals surface area contributed by atoms with E-state index in [0.29, 0.717) is 36.7 Å². The number of benzene rings is 1. The molecule has 2 aliphatic rings. The molecule has 6 nitrogen and oxygen atoms in total. The number of amides is 1. The number of rotatable bonds is 7. The molecule has 8 heteroatoms. The van der Waals surface area contributed by atoms with Crippen LogP contribution in [0.15, 0.2) is 29.2 Å². The number of nitrogens with zero attached hydrogens (tertiary/aromatic N) is 1. The topological polar surface area (TPSA) is 89.7 Å².